The van der Waals surface area contributed by atoms with E-state index >= 15 is 0 Å². The highest BCUT2D eigenvalue weighted by Gasteiger charge is 2.33. The van der Waals surface area contributed by atoms with E-state index < -0.39 is 12.1 Å². The van der Waals surface area contributed by atoms with Gasteiger partial charge >= 0.3 is 12.1 Å². The van der Waals surface area contributed by atoms with Crippen LogP contribution >= 0.6 is 0 Å². The van der Waals surface area contributed by atoms with Gasteiger partial charge in [0.2, 0.25) is 5.91 Å². The van der Waals surface area contributed by atoms with Crippen LogP contribution in [0.25, 0.3) is 11.1 Å². The zero-order chi connectivity index (χ0) is 24.4. The van der Waals surface area contributed by atoms with Gasteiger partial charge in [0, 0.05) is 17.9 Å². The first-order valence-corrected chi connectivity index (χ1v) is 12.3. The fourth-order valence-corrected chi connectivity index (χ4v) is 5.66. The van der Waals surface area contributed by atoms with Crippen molar-refractivity contribution in [2.45, 2.75) is 50.1 Å². The van der Waals surface area contributed by atoms with Crippen LogP contribution in [0.2, 0.25) is 0 Å². The summed E-state index contributed by atoms with van der Waals surface area (Å²) in [6, 6.07) is 16.0. The van der Waals surface area contributed by atoms with Crippen LogP contribution in [0.4, 0.5) is 4.79 Å². The lowest BCUT2D eigenvalue weighted by molar-refractivity contribution is -0.141. The van der Waals surface area contributed by atoms with Crippen LogP contribution in [0, 0.1) is 11.8 Å². The Morgan fingerprint density at radius 2 is 1.57 bits per heavy atom. The Bertz CT molecular complexity index is 1110. The Morgan fingerprint density at radius 1 is 0.886 bits per heavy atom. The van der Waals surface area contributed by atoms with Crippen molar-refractivity contribution in [1.82, 2.24) is 10.6 Å². The van der Waals surface area contributed by atoms with E-state index in [9.17, 15) is 14.4 Å². The summed E-state index contributed by atoms with van der Waals surface area (Å²) in [6.07, 6.45) is 6.17. The van der Waals surface area contributed by atoms with Crippen LogP contribution in [0.15, 0.2) is 60.7 Å². The number of fused-ring (bicyclic) bond motifs is 3. The van der Waals surface area contributed by atoms with Crippen LogP contribution in [0.3, 0.4) is 0 Å². The Morgan fingerprint density at radius 3 is 2.23 bits per heavy atom. The Labute approximate surface area is 204 Å². The number of hydrogen-bond donors (Lipinski definition) is 3. The number of ether oxygens (including phenoxy) is 1. The Hall–Kier alpha value is -3.61. The highest BCUT2D eigenvalue weighted by molar-refractivity contribution is 5.80. The van der Waals surface area contributed by atoms with Gasteiger partial charge < -0.3 is 20.5 Å². The molecule has 0 saturated heterocycles. The van der Waals surface area contributed by atoms with E-state index in [1.165, 1.54) is 11.1 Å². The average molecular weight is 475 g/mol. The average Bonchev–Trinajstić information content (AvgIpc) is 3.46. The van der Waals surface area contributed by atoms with Gasteiger partial charge in [-0.05, 0) is 54.4 Å². The molecule has 2 amide bonds. The summed E-state index contributed by atoms with van der Waals surface area (Å²) >= 11 is 0. The topological polar surface area (TPSA) is 105 Å². The molecule has 0 aromatic heterocycles. The number of aliphatic carboxylic acids is 1. The van der Waals surface area contributed by atoms with Crippen molar-refractivity contribution in [1.29, 1.82) is 0 Å². The molecule has 0 heterocycles. The maximum atomic E-state index is 12.8. The molecule has 3 N–H and O–H groups in total. The van der Waals surface area contributed by atoms with E-state index in [2.05, 4.69) is 34.9 Å². The molecular formula is C28H30N2O5. The Kier molecular flexibility index (Phi) is 6.57. The smallest absolute Gasteiger partial charge is 0.407 e. The lowest BCUT2D eigenvalue weighted by Crippen LogP contribution is -2.43. The third kappa shape index (κ3) is 4.94. The van der Waals surface area contributed by atoms with E-state index in [0.717, 1.165) is 11.1 Å². The molecule has 1 saturated carbocycles. The van der Waals surface area contributed by atoms with E-state index in [1.807, 2.05) is 36.4 Å². The van der Waals surface area contributed by atoms with Crippen LogP contribution in [-0.2, 0) is 14.3 Å². The number of carbonyl (C=O) groups excluding carboxylic acids is 2. The second-order valence-electron chi connectivity index (χ2n) is 9.73. The zero-order valence-corrected chi connectivity index (χ0v) is 19.5. The minimum absolute atomic E-state index is 0.00499. The van der Waals surface area contributed by atoms with Gasteiger partial charge in [-0.15, -0.1) is 0 Å². The molecule has 2 aromatic rings. The van der Waals surface area contributed by atoms with Gasteiger partial charge in [-0.3, -0.25) is 9.59 Å². The summed E-state index contributed by atoms with van der Waals surface area (Å²) in [4.78, 5) is 36.5. The predicted octanol–water partition coefficient (Wildman–Crippen LogP) is 4.23. The van der Waals surface area contributed by atoms with Crippen molar-refractivity contribution in [3.05, 3.63) is 71.8 Å². The second kappa shape index (κ2) is 9.94. The van der Waals surface area contributed by atoms with Crippen LogP contribution in [0.5, 0.6) is 0 Å². The summed E-state index contributed by atoms with van der Waals surface area (Å²) in [5, 5.41) is 15.1. The quantitative estimate of drug-likeness (QED) is 0.544. The fraction of sp³-hybridized carbons (Fsp3) is 0.393. The van der Waals surface area contributed by atoms with Gasteiger partial charge in [0.15, 0.2) is 0 Å². The maximum Gasteiger partial charge on any atom is 0.407 e. The van der Waals surface area contributed by atoms with Gasteiger partial charge in [0.1, 0.15) is 6.61 Å². The molecule has 0 radical (unpaired) electrons. The number of rotatable bonds is 6. The summed E-state index contributed by atoms with van der Waals surface area (Å²) in [5.74, 6) is -1.52. The van der Waals surface area contributed by atoms with Crippen molar-refractivity contribution in [3.63, 3.8) is 0 Å². The minimum atomic E-state index is -0.797. The predicted molar refractivity (Wildman–Crippen MR) is 131 cm³/mol. The van der Waals surface area contributed by atoms with E-state index in [4.69, 9.17) is 9.84 Å². The van der Waals surface area contributed by atoms with Crippen LogP contribution < -0.4 is 10.6 Å². The first kappa shape index (κ1) is 23.1. The second-order valence-corrected chi connectivity index (χ2v) is 9.73. The minimum Gasteiger partial charge on any atom is -0.481 e. The molecule has 3 aliphatic carbocycles. The number of allylic oxidation sites excluding steroid dienone is 1. The Balaban J connectivity index is 1.13. The zero-order valence-electron chi connectivity index (χ0n) is 19.5. The molecule has 182 valence electrons. The number of benzene rings is 2. The molecular weight excluding hydrogens is 444 g/mol. The van der Waals surface area contributed by atoms with Crippen molar-refractivity contribution >= 4 is 18.0 Å². The third-order valence-corrected chi connectivity index (χ3v) is 7.47. The van der Waals surface area contributed by atoms with Gasteiger partial charge in [-0.2, -0.15) is 0 Å². The van der Waals surface area contributed by atoms with E-state index in [-0.39, 0.29) is 42.4 Å². The lowest BCUT2D eigenvalue weighted by Gasteiger charge is -2.26. The largest absolute Gasteiger partial charge is 0.481 e. The standard InChI is InChI=1S/C28H30N2O5/c31-26(29-20-13-12-18(15-20)27(32)33)17-6-5-7-19(14-17)30-28(34)35-16-25-23-10-3-1-8-21(23)22-9-2-4-11-24(22)25/h1-5,7-11,17-20,25H,6,12-16H2,(H,29,31)(H,30,34)(H,32,33). The first-order chi connectivity index (χ1) is 17.0. The van der Waals surface area contributed by atoms with Gasteiger partial charge in [0.05, 0.1) is 12.0 Å². The molecule has 3 aliphatic rings. The summed E-state index contributed by atoms with van der Waals surface area (Å²) in [6.45, 7) is 0.243. The molecule has 1 fully saturated rings. The SMILES string of the molecule is O=C(NC1C=CCC(C(=O)NC2CCC(C(=O)O)C2)C1)OCC1c2ccccc2-c2ccccc21. The maximum absolute atomic E-state index is 12.8. The first-order valence-electron chi connectivity index (χ1n) is 12.3. The van der Waals surface area contributed by atoms with Gasteiger partial charge in [-0.1, -0.05) is 60.7 Å². The number of carboxylic acids is 1. The van der Waals surface area contributed by atoms with Crippen molar-refractivity contribution in [2.75, 3.05) is 6.61 Å². The molecule has 0 spiro atoms. The molecule has 5 rings (SSSR count). The number of hydrogen-bond acceptors (Lipinski definition) is 4. The third-order valence-electron chi connectivity index (χ3n) is 7.47. The number of carbonyl (C=O) groups is 3. The number of amides is 2. The van der Waals surface area contributed by atoms with Crippen molar-refractivity contribution in [2.24, 2.45) is 11.8 Å². The number of alkyl carbamates (subject to hydrolysis) is 1. The normalized spacial score (nSPS) is 24.9. The molecule has 0 bridgehead atoms. The van der Waals surface area contributed by atoms with Crippen molar-refractivity contribution in [3.8, 4) is 11.1 Å². The summed E-state index contributed by atoms with van der Waals surface area (Å²) in [5.41, 5.74) is 4.68. The fourth-order valence-electron chi connectivity index (χ4n) is 5.66. The number of carboxylic acid groups (broad SMARTS) is 1. The highest BCUT2D eigenvalue weighted by atomic mass is 16.5. The van der Waals surface area contributed by atoms with Crippen LogP contribution in [0.1, 0.15) is 49.1 Å². The molecule has 35 heavy (non-hydrogen) atoms. The molecule has 7 nitrogen and oxygen atoms in total. The van der Waals surface area contributed by atoms with E-state index in [1.54, 1.807) is 0 Å². The monoisotopic (exact) mass is 474 g/mol. The van der Waals surface area contributed by atoms with Crippen LogP contribution in [-0.4, -0.2) is 41.8 Å². The van der Waals surface area contributed by atoms with Gasteiger partial charge in [-0.25, -0.2) is 4.79 Å². The van der Waals surface area contributed by atoms with E-state index in [0.29, 0.717) is 32.1 Å². The lowest BCUT2D eigenvalue weighted by atomic mass is 9.90. The molecule has 2 aromatic carbocycles. The summed E-state index contributed by atoms with van der Waals surface area (Å²) < 4.78 is 5.64. The molecule has 4 unspecified atom stereocenters. The van der Waals surface area contributed by atoms with Gasteiger partial charge in [0.25, 0.3) is 0 Å². The highest BCUT2D eigenvalue weighted by Crippen LogP contribution is 2.44. The molecule has 0 aliphatic heterocycles. The molecule has 4 atom stereocenters. The number of nitrogens with one attached hydrogen (secondary N) is 2. The molecule has 7 heteroatoms. The van der Waals surface area contributed by atoms with Crippen molar-refractivity contribution < 1.29 is 24.2 Å². The summed E-state index contributed by atoms with van der Waals surface area (Å²) in [7, 11) is 0.